The van der Waals surface area contributed by atoms with Crippen molar-refractivity contribution in [3.05, 3.63) is 57.8 Å². The monoisotopic (exact) mass is 314 g/mol. The van der Waals surface area contributed by atoms with E-state index in [2.05, 4.69) is 10.5 Å². The van der Waals surface area contributed by atoms with Gasteiger partial charge in [0.15, 0.2) is 0 Å². The summed E-state index contributed by atoms with van der Waals surface area (Å²) in [5.41, 5.74) is 4.58. The molecule has 0 spiro atoms. The summed E-state index contributed by atoms with van der Waals surface area (Å²) in [5.74, 6) is -0.622. The number of hydrazone groups is 1. The zero-order valence-corrected chi connectivity index (χ0v) is 12.7. The summed E-state index contributed by atoms with van der Waals surface area (Å²) < 4.78 is 5.38. The van der Waals surface area contributed by atoms with Crippen molar-refractivity contribution < 1.29 is 14.3 Å². The van der Waals surface area contributed by atoms with Gasteiger partial charge in [0.1, 0.15) is 6.10 Å². The van der Waals surface area contributed by atoms with E-state index < -0.39 is 6.10 Å². The number of thiophene rings is 1. The summed E-state index contributed by atoms with van der Waals surface area (Å²) in [6.45, 7) is 1.74. The second-order valence-electron chi connectivity index (χ2n) is 4.93. The molecule has 0 radical (unpaired) electrons. The largest absolute Gasteiger partial charge is 0.452 e. The van der Waals surface area contributed by atoms with Gasteiger partial charge in [0, 0.05) is 6.42 Å². The molecule has 0 saturated heterocycles. The molecule has 1 aromatic heterocycles. The predicted octanol–water partition coefficient (Wildman–Crippen LogP) is 2.64. The fourth-order valence-corrected chi connectivity index (χ4v) is 2.85. The Bertz CT molecular complexity index is 738. The maximum Gasteiger partial charge on any atom is 0.339 e. The summed E-state index contributed by atoms with van der Waals surface area (Å²) in [7, 11) is 0. The van der Waals surface area contributed by atoms with Gasteiger partial charge in [-0.15, -0.1) is 11.3 Å². The Morgan fingerprint density at radius 3 is 2.91 bits per heavy atom. The first-order valence-corrected chi connectivity index (χ1v) is 7.70. The molecule has 2 aromatic rings. The number of nitrogens with one attached hydrogen (secondary N) is 1. The number of carbonyl (C=O) groups excluding carboxylic acids is 2. The van der Waals surface area contributed by atoms with E-state index in [1.807, 2.05) is 23.6 Å². The summed E-state index contributed by atoms with van der Waals surface area (Å²) in [6, 6.07) is 10.9. The lowest BCUT2D eigenvalue weighted by Crippen LogP contribution is -2.34. The first-order chi connectivity index (χ1) is 10.6. The lowest BCUT2D eigenvalue weighted by Gasteiger charge is -2.24. The molecule has 6 heteroatoms. The average molecular weight is 314 g/mol. The van der Waals surface area contributed by atoms with Crippen molar-refractivity contribution in [3.8, 4) is 0 Å². The highest BCUT2D eigenvalue weighted by Gasteiger charge is 2.27. The Kier molecular flexibility index (Phi) is 4.02. The molecule has 1 aliphatic rings. The number of ether oxygens (including phenoxy) is 1. The molecule has 1 N–H and O–H groups in total. The molecule has 5 nitrogen and oxygen atoms in total. The quantitative estimate of drug-likeness (QED) is 0.538. The lowest BCUT2D eigenvalue weighted by molar-refractivity contribution is 0.0389. The van der Waals surface area contributed by atoms with Crippen molar-refractivity contribution in [3.63, 3.8) is 0 Å². The fraction of sp³-hybridized carbons (Fsp3) is 0.188. The normalized spacial score (nSPS) is 17.6. The third-order valence-electron chi connectivity index (χ3n) is 3.44. The molecule has 0 saturated carbocycles. The SMILES string of the molecule is C/C(=N\NC(=O)c1cccs1)C1Cc2ccccc2C(=O)O1. The number of benzene rings is 1. The van der Waals surface area contributed by atoms with Gasteiger partial charge >= 0.3 is 5.97 Å². The van der Waals surface area contributed by atoms with Crippen LogP contribution in [0.1, 0.15) is 32.5 Å². The van der Waals surface area contributed by atoms with Crippen LogP contribution in [0.2, 0.25) is 0 Å². The molecule has 22 heavy (non-hydrogen) atoms. The van der Waals surface area contributed by atoms with Gasteiger partial charge in [0.2, 0.25) is 0 Å². The molecule has 1 unspecified atom stereocenters. The van der Waals surface area contributed by atoms with Crippen molar-refractivity contribution in [1.82, 2.24) is 5.43 Å². The molecule has 1 atom stereocenters. The number of rotatable bonds is 3. The van der Waals surface area contributed by atoms with E-state index >= 15 is 0 Å². The van der Waals surface area contributed by atoms with Crippen LogP contribution >= 0.6 is 11.3 Å². The van der Waals surface area contributed by atoms with Crippen LogP contribution in [0.4, 0.5) is 0 Å². The molecule has 1 aliphatic heterocycles. The molecular weight excluding hydrogens is 300 g/mol. The molecule has 1 amide bonds. The van der Waals surface area contributed by atoms with E-state index in [0.717, 1.165) is 5.56 Å². The molecular formula is C16H14N2O3S. The molecule has 0 aliphatic carbocycles. The van der Waals surface area contributed by atoms with Crippen LogP contribution in [0, 0.1) is 0 Å². The molecule has 0 bridgehead atoms. The molecule has 0 fully saturated rings. The minimum Gasteiger partial charge on any atom is -0.452 e. The Labute approximate surface area is 131 Å². The number of esters is 1. The molecule has 3 rings (SSSR count). The van der Waals surface area contributed by atoms with E-state index in [1.165, 1.54) is 11.3 Å². The van der Waals surface area contributed by atoms with Gasteiger partial charge in [-0.2, -0.15) is 5.10 Å². The number of cyclic esters (lactones) is 1. The van der Waals surface area contributed by atoms with E-state index in [4.69, 9.17) is 4.74 Å². The standard InChI is InChI=1S/C16H14N2O3S/c1-10(17-18-15(19)14-7-4-8-22-14)13-9-11-5-2-3-6-12(11)16(20)21-13/h2-8,13H,9H2,1H3,(H,18,19)/b17-10+. The minimum atomic E-state index is -0.453. The molecule has 2 heterocycles. The van der Waals surface area contributed by atoms with Gasteiger partial charge in [0.05, 0.1) is 16.2 Å². The summed E-state index contributed by atoms with van der Waals surface area (Å²) in [6.07, 6.45) is 0.109. The van der Waals surface area contributed by atoms with Crippen molar-refractivity contribution in [1.29, 1.82) is 0 Å². The average Bonchev–Trinajstić information content (AvgIpc) is 3.06. The molecule has 112 valence electrons. The first-order valence-electron chi connectivity index (χ1n) is 6.82. The maximum atomic E-state index is 12.0. The number of fused-ring (bicyclic) bond motifs is 1. The Morgan fingerprint density at radius 1 is 1.32 bits per heavy atom. The third kappa shape index (κ3) is 2.92. The topological polar surface area (TPSA) is 67.8 Å². The number of carbonyl (C=O) groups is 2. The summed E-state index contributed by atoms with van der Waals surface area (Å²) >= 11 is 1.34. The van der Waals surface area contributed by atoms with E-state index in [1.54, 1.807) is 25.1 Å². The van der Waals surface area contributed by atoms with E-state index in [-0.39, 0.29) is 11.9 Å². The van der Waals surface area contributed by atoms with Crippen molar-refractivity contribution in [2.75, 3.05) is 0 Å². The van der Waals surface area contributed by atoms with Crippen LogP contribution in [0.15, 0.2) is 46.9 Å². The third-order valence-corrected chi connectivity index (χ3v) is 4.31. The highest BCUT2D eigenvalue weighted by atomic mass is 32.1. The Morgan fingerprint density at radius 2 is 2.14 bits per heavy atom. The summed E-state index contributed by atoms with van der Waals surface area (Å²) in [5, 5.41) is 5.88. The second-order valence-corrected chi connectivity index (χ2v) is 5.87. The summed E-state index contributed by atoms with van der Waals surface area (Å²) in [4.78, 5) is 24.4. The van der Waals surface area contributed by atoms with E-state index in [9.17, 15) is 9.59 Å². The van der Waals surface area contributed by atoms with Crippen LogP contribution in [-0.4, -0.2) is 23.7 Å². The molecule has 1 aromatic carbocycles. The van der Waals surface area contributed by atoms with Gasteiger partial charge in [-0.1, -0.05) is 24.3 Å². The lowest BCUT2D eigenvalue weighted by atomic mass is 9.97. The number of hydrogen-bond donors (Lipinski definition) is 1. The Hall–Kier alpha value is -2.47. The number of amides is 1. The highest BCUT2D eigenvalue weighted by molar-refractivity contribution is 7.12. The van der Waals surface area contributed by atoms with Gasteiger partial charge in [0.25, 0.3) is 5.91 Å². The second kappa shape index (κ2) is 6.11. The van der Waals surface area contributed by atoms with Gasteiger partial charge in [-0.3, -0.25) is 4.79 Å². The van der Waals surface area contributed by atoms with Gasteiger partial charge in [-0.05, 0) is 30.0 Å². The zero-order chi connectivity index (χ0) is 15.5. The van der Waals surface area contributed by atoms with Crippen LogP contribution in [0.3, 0.4) is 0 Å². The van der Waals surface area contributed by atoms with Crippen LogP contribution in [0.25, 0.3) is 0 Å². The van der Waals surface area contributed by atoms with Gasteiger partial charge in [-0.25, -0.2) is 10.2 Å². The highest BCUT2D eigenvalue weighted by Crippen LogP contribution is 2.21. The maximum absolute atomic E-state index is 12.0. The van der Waals surface area contributed by atoms with Crippen LogP contribution in [-0.2, 0) is 11.2 Å². The number of nitrogens with zero attached hydrogens (tertiary/aromatic N) is 1. The predicted molar refractivity (Wildman–Crippen MR) is 84.2 cm³/mol. The van der Waals surface area contributed by atoms with Crippen molar-refractivity contribution in [2.45, 2.75) is 19.4 Å². The zero-order valence-electron chi connectivity index (χ0n) is 11.9. The smallest absolute Gasteiger partial charge is 0.339 e. The number of hydrogen-bond acceptors (Lipinski definition) is 5. The van der Waals surface area contributed by atoms with E-state index in [0.29, 0.717) is 22.6 Å². The Balaban J connectivity index is 1.71. The van der Waals surface area contributed by atoms with Gasteiger partial charge < -0.3 is 4.74 Å². The van der Waals surface area contributed by atoms with Crippen molar-refractivity contribution >= 4 is 28.9 Å². The van der Waals surface area contributed by atoms with Crippen molar-refractivity contribution in [2.24, 2.45) is 5.10 Å². The minimum absolute atomic E-state index is 0.267. The van der Waals surface area contributed by atoms with Crippen LogP contribution in [0.5, 0.6) is 0 Å². The first kappa shape index (κ1) is 14.5. The fourth-order valence-electron chi connectivity index (χ4n) is 2.24. The van der Waals surface area contributed by atoms with Crippen LogP contribution < -0.4 is 5.43 Å².